The molecule has 16 heavy (non-hydrogen) atoms. The van der Waals surface area contributed by atoms with Crippen molar-refractivity contribution >= 4 is 33.0 Å². The number of phenols is 1. The summed E-state index contributed by atoms with van der Waals surface area (Å²) in [7, 11) is -3.36. The Labute approximate surface area is 98.0 Å². The van der Waals surface area contributed by atoms with Crippen LogP contribution in [0.5, 0.6) is 5.75 Å². The summed E-state index contributed by atoms with van der Waals surface area (Å²) in [5.74, 6) is -1.45. The third-order valence-corrected chi connectivity index (χ3v) is 2.73. The average molecular weight is 264 g/mol. The number of halogens is 1. The van der Waals surface area contributed by atoms with Gasteiger partial charge in [-0.3, -0.25) is 4.79 Å². The van der Waals surface area contributed by atoms with E-state index in [1.54, 1.807) is 0 Å². The maximum Gasteiger partial charge on any atom is 0.239 e. The molecule has 0 radical (unpaired) electrons. The number of hydrogen-bond donors (Lipinski definition) is 2. The molecule has 0 aliphatic carbocycles. The van der Waals surface area contributed by atoms with E-state index < -0.39 is 21.5 Å². The van der Waals surface area contributed by atoms with E-state index >= 15 is 0 Å². The Balaban J connectivity index is 2.74. The van der Waals surface area contributed by atoms with Crippen LogP contribution in [0.4, 0.5) is 5.69 Å². The molecule has 0 aliphatic heterocycles. The molecular weight excluding hydrogens is 254 g/mol. The molecule has 2 N–H and O–H groups in total. The van der Waals surface area contributed by atoms with E-state index in [-0.39, 0.29) is 16.5 Å². The third-order valence-electron chi connectivity index (χ3n) is 1.62. The van der Waals surface area contributed by atoms with Gasteiger partial charge in [0.15, 0.2) is 9.84 Å². The second kappa shape index (κ2) is 4.71. The lowest BCUT2D eigenvalue weighted by molar-refractivity contribution is -0.113. The predicted molar refractivity (Wildman–Crippen MR) is 61.5 cm³/mol. The standard InChI is InChI=1S/C9H10ClNO4S/c1-16(14,15)5-9(13)11-6-2-3-7(10)8(12)4-6/h2-4,12H,5H2,1H3,(H,11,13). The van der Waals surface area contributed by atoms with Crippen LogP contribution in [0.3, 0.4) is 0 Å². The highest BCUT2D eigenvalue weighted by Gasteiger charge is 2.11. The number of aromatic hydroxyl groups is 1. The van der Waals surface area contributed by atoms with Gasteiger partial charge in [0.2, 0.25) is 5.91 Å². The van der Waals surface area contributed by atoms with Crippen molar-refractivity contribution in [3.05, 3.63) is 23.2 Å². The van der Waals surface area contributed by atoms with Crippen molar-refractivity contribution in [2.45, 2.75) is 0 Å². The number of rotatable bonds is 3. The second-order valence-electron chi connectivity index (χ2n) is 3.28. The molecule has 5 nitrogen and oxygen atoms in total. The number of nitrogens with one attached hydrogen (secondary N) is 1. The summed E-state index contributed by atoms with van der Waals surface area (Å²) in [6.45, 7) is 0. The first kappa shape index (κ1) is 12.8. The maximum absolute atomic E-state index is 11.2. The predicted octanol–water partition coefficient (Wildman–Crippen LogP) is 1.03. The first-order valence-electron chi connectivity index (χ1n) is 4.24. The van der Waals surface area contributed by atoms with Crippen LogP contribution in [0.15, 0.2) is 18.2 Å². The molecular formula is C9H10ClNO4S. The molecule has 0 fully saturated rings. The van der Waals surface area contributed by atoms with E-state index in [0.29, 0.717) is 0 Å². The van der Waals surface area contributed by atoms with Gasteiger partial charge in [0, 0.05) is 18.0 Å². The molecule has 1 amide bonds. The minimum Gasteiger partial charge on any atom is -0.506 e. The van der Waals surface area contributed by atoms with Crippen molar-refractivity contribution in [1.82, 2.24) is 0 Å². The van der Waals surface area contributed by atoms with Gasteiger partial charge in [0.25, 0.3) is 0 Å². The van der Waals surface area contributed by atoms with Crippen LogP contribution >= 0.6 is 11.6 Å². The number of carbonyl (C=O) groups excluding carboxylic acids is 1. The highest BCUT2D eigenvalue weighted by atomic mass is 35.5. The molecule has 0 unspecified atom stereocenters. The number of hydrogen-bond acceptors (Lipinski definition) is 4. The number of anilines is 1. The van der Waals surface area contributed by atoms with Crippen molar-refractivity contribution in [2.75, 3.05) is 17.3 Å². The minimum atomic E-state index is -3.36. The Hall–Kier alpha value is -1.27. The van der Waals surface area contributed by atoms with Crippen molar-refractivity contribution in [3.63, 3.8) is 0 Å². The van der Waals surface area contributed by atoms with E-state index in [4.69, 9.17) is 11.6 Å². The summed E-state index contributed by atoms with van der Waals surface area (Å²) in [6.07, 6.45) is 0.964. The SMILES string of the molecule is CS(=O)(=O)CC(=O)Nc1ccc(Cl)c(O)c1. The molecule has 0 aliphatic rings. The van der Waals surface area contributed by atoms with Gasteiger partial charge in [-0.05, 0) is 12.1 Å². The number of sulfone groups is 1. The van der Waals surface area contributed by atoms with E-state index in [0.717, 1.165) is 6.26 Å². The second-order valence-corrected chi connectivity index (χ2v) is 5.83. The van der Waals surface area contributed by atoms with Gasteiger partial charge in [-0.15, -0.1) is 0 Å². The van der Waals surface area contributed by atoms with Gasteiger partial charge in [-0.2, -0.15) is 0 Å². The average Bonchev–Trinajstić information content (AvgIpc) is 2.08. The number of carbonyl (C=O) groups is 1. The van der Waals surface area contributed by atoms with Gasteiger partial charge in [0.05, 0.1) is 5.02 Å². The molecule has 1 aromatic carbocycles. The van der Waals surface area contributed by atoms with Gasteiger partial charge in [0.1, 0.15) is 11.5 Å². The summed E-state index contributed by atoms with van der Waals surface area (Å²) in [4.78, 5) is 11.2. The summed E-state index contributed by atoms with van der Waals surface area (Å²) in [6, 6.07) is 4.09. The number of benzene rings is 1. The van der Waals surface area contributed by atoms with E-state index in [1.165, 1.54) is 18.2 Å². The molecule has 1 aromatic rings. The van der Waals surface area contributed by atoms with Crippen molar-refractivity contribution < 1.29 is 18.3 Å². The fourth-order valence-electron chi connectivity index (χ4n) is 1.03. The molecule has 0 saturated carbocycles. The van der Waals surface area contributed by atoms with E-state index in [2.05, 4.69) is 5.32 Å². The maximum atomic E-state index is 11.2. The smallest absolute Gasteiger partial charge is 0.239 e. The van der Waals surface area contributed by atoms with Crippen LogP contribution in [0.1, 0.15) is 0 Å². The molecule has 1 rings (SSSR count). The zero-order valence-corrected chi connectivity index (χ0v) is 9.97. The van der Waals surface area contributed by atoms with Crippen LogP contribution < -0.4 is 5.32 Å². The van der Waals surface area contributed by atoms with Crippen molar-refractivity contribution in [1.29, 1.82) is 0 Å². The third kappa shape index (κ3) is 4.08. The zero-order valence-electron chi connectivity index (χ0n) is 8.40. The van der Waals surface area contributed by atoms with Gasteiger partial charge < -0.3 is 10.4 Å². The Morgan fingerprint density at radius 2 is 2.12 bits per heavy atom. The molecule has 88 valence electrons. The molecule has 0 heterocycles. The summed E-state index contributed by atoms with van der Waals surface area (Å²) >= 11 is 5.57. The topological polar surface area (TPSA) is 83.5 Å². The molecule has 0 spiro atoms. The van der Waals surface area contributed by atoms with Gasteiger partial charge >= 0.3 is 0 Å². The Kier molecular flexibility index (Phi) is 3.77. The molecule has 0 aromatic heterocycles. The minimum absolute atomic E-state index is 0.154. The van der Waals surface area contributed by atoms with E-state index in [9.17, 15) is 18.3 Å². The fourth-order valence-corrected chi connectivity index (χ4v) is 1.69. The van der Waals surface area contributed by atoms with Crippen LogP contribution in [0, 0.1) is 0 Å². The Bertz CT molecular complexity index is 512. The Morgan fingerprint density at radius 1 is 1.50 bits per heavy atom. The highest BCUT2D eigenvalue weighted by Crippen LogP contribution is 2.25. The van der Waals surface area contributed by atoms with Crippen LogP contribution in [0.25, 0.3) is 0 Å². The van der Waals surface area contributed by atoms with Crippen molar-refractivity contribution in [2.24, 2.45) is 0 Å². The fraction of sp³-hybridized carbons (Fsp3) is 0.222. The summed E-state index contributed by atoms with van der Waals surface area (Å²) in [5, 5.41) is 11.7. The quantitative estimate of drug-likeness (QED) is 0.853. The lowest BCUT2D eigenvalue weighted by Gasteiger charge is -2.05. The lowest BCUT2D eigenvalue weighted by Crippen LogP contribution is -2.21. The van der Waals surface area contributed by atoms with Crippen LogP contribution in [0.2, 0.25) is 5.02 Å². The zero-order chi connectivity index (χ0) is 12.3. The van der Waals surface area contributed by atoms with E-state index in [1.807, 2.05) is 0 Å². The van der Waals surface area contributed by atoms with Crippen LogP contribution in [-0.2, 0) is 14.6 Å². The number of phenolic OH excluding ortho intramolecular Hbond substituents is 1. The number of amides is 1. The summed E-state index contributed by atoms with van der Waals surface area (Å²) in [5.41, 5.74) is 0.288. The van der Waals surface area contributed by atoms with Gasteiger partial charge in [-0.1, -0.05) is 11.6 Å². The first-order valence-corrected chi connectivity index (χ1v) is 6.68. The van der Waals surface area contributed by atoms with Crippen LogP contribution in [-0.4, -0.2) is 31.4 Å². The Morgan fingerprint density at radius 3 is 2.62 bits per heavy atom. The molecule has 7 heteroatoms. The van der Waals surface area contributed by atoms with Gasteiger partial charge in [-0.25, -0.2) is 8.42 Å². The first-order chi connectivity index (χ1) is 7.28. The highest BCUT2D eigenvalue weighted by molar-refractivity contribution is 7.91. The molecule has 0 saturated heterocycles. The van der Waals surface area contributed by atoms with Crippen molar-refractivity contribution in [3.8, 4) is 5.75 Å². The molecule has 0 atom stereocenters. The monoisotopic (exact) mass is 263 g/mol. The largest absolute Gasteiger partial charge is 0.506 e. The molecule has 0 bridgehead atoms. The summed E-state index contributed by atoms with van der Waals surface area (Å²) < 4.78 is 21.6. The normalized spacial score (nSPS) is 11.1. The lowest BCUT2D eigenvalue weighted by atomic mass is 10.3.